The SMILES string of the molecule is Cc1ccc(OCCN)c(C(=O)NCCn2cnnn2)c1. The first-order valence-corrected chi connectivity index (χ1v) is 6.63. The van der Waals surface area contributed by atoms with E-state index in [1.54, 1.807) is 16.8 Å². The molecule has 0 aliphatic heterocycles. The van der Waals surface area contributed by atoms with Gasteiger partial charge in [-0.2, -0.15) is 0 Å². The zero-order valence-electron chi connectivity index (χ0n) is 11.8. The van der Waals surface area contributed by atoms with Gasteiger partial charge in [0.05, 0.1) is 12.1 Å². The van der Waals surface area contributed by atoms with Crippen LogP contribution in [0.25, 0.3) is 0 Å². The number of carbonyl (C=O) groups excluding carboxylic acids is 1. The average molecular weight is 290 g/mol. The molecule has 0 saturated carbocycles. The van der Waals surface area contributed by atoms with E-state index in [1.165, 1.54) is 6.33 Å². The second-order valence-electron chi connectivity index (χ2n) is 4.47. The molecule has 2 aromatic rings. The van der Waals surface area contributed by atoms with Crippen molar-refractivity contribution in [1.82, 2.24) is 25.5 Å². The normalized spacial score (nSPS) is 10.4. The van der Waals surface area contributed by atoms with E-state index < -0.39 is 0 Å². The van der Waals surface area contributed by atoms with E-state index in [0.29, 0.717) is 37.6 Å². The lowest BCUT2D eigenvalue weighted by molar-refractivity contribution is 0.0948. The monoisotopic (exact) mass is 290 g/mol. The Bertz CT molecular complexity index is 584. The Labute approximate surface area is 122 Å². The molecule has 1 aromatic carbocycles. The number of nitrogens with two attached hydrogens (primary N) is 1. The number of hydrogen-bond acceptors (Lipinski definition) is 6. The van der Waals surface area contributed by atoms with Crippen LogP contribution in [0.5, 0.6) is 5.75 Å². The van der Waals surface area contributed by atoms with Crippen LogP contribution in [-0.2, 0) is 6.54 Å². The number of hydrogen-bond donors (Lipinski definition) is 2. The van der Waals surface area contributed by atoms with Gasteiger partial charge < -0.3 is 15.8 Å². The number of nitrogens with one attached hydrogen (secondary N) is 1. The molecule has 3 N–H and O–H groups in total. The highest BCUT2D eigenvalue weighted by Gasteiger charge is 2.12. The number of amides is 1. The van der Waals surface area contributed by atoms with Gasteiger partial charge in [-0.1, -0.05) is 11.6 Å². The largest absolute Gasteiger partial charge is 0.491 e. The summed E-state index contributed by atoms with van der Waals surface area (Å²) >= 11 is 0. The number of ether oxygens (including phenoxy) is 1. The summed E-state index contributed by atoms with van der Waals surface area (Å²) in [6, 6.07) is 5.46. The molecule has 0 radical (unpaired) electrons. The third kappa shape index (κ3) is 4.25. The number of benzene rings is 1. The van der Waals surface area contributed by atoms with Crippen molar-refractivity contribution in [2.24, 2.45) is 5.73 Å². The van der Waals surface area contributed by atoms with Crippen molar-refractivity contribution in [2.45, 2.75) is 13.5 Å². The van der Waals surface area contributed by atoms with E-state index >= 15 is 0 Å². The van der Waals surface area contributed by atoms with E-state index in [4.69, 9.17) is 10.5 Å². The molecule has 1 aromatic heterocycles. The van der Waals surface area contributed by atoms with Gasteiger partial charge in [0.1, 0.15) is 18.7 Å². The highest BCUT2D eigenvalue weighted by Crippen LogP contribution is 2.19. The molecule has 112 valence electrons. The minimum Gasteiger partial charge on any atom is -0.491 e. The Morgan fingerprint density at radius 1 is 1.48 bits per heavy atom. The fraction of sp³-hybridized carbons (Fsp3) is 0.385. The highest BCUT2D eigenvalue weighted by atomic mass is 16.5. The maximum Gasteiger partial charge on any atom is 0.255 e. The number of nitrogens with zero attached hydrogens (tertiary/aromatic N) is 4. The van der Waals surface area contributed by atoms with Crippen LogP contribution in [0.4, 0.5) is 0 Å². The lowest BCUT2D eigenvalue weighted by Gasteiger charge is -2.12. The van der Waals surface area contributed by atoms with Gasteiger partial charge in [-0.15, -0.1) is 5.10 Å². The molecule has 8 nitrogen and oxygen atoms in total. The summed E-state index contributed by atoms with van der Waals surface area (Å²) in [6.45, 7) is 3.62. The molecule has 1 amide bonds. The molecule has 1 heterocycles. The molecule has 0 saturated heterocycles. The van der Waals surface area contributed by atoms with Gasteiger partial charge in [-0.05, 0) is 29.5 Å². The predicted octanol–water partition coefficient (Wildman–Crippen LogP) is -0.251. The number of carbonyl (C=O) groups is 1. The average Bonchev–Trinajstić information content (AvgIpc) is 2.99. The molecule has 0 fully saturated rings. The van der Waals surface area contributed by atoms with Gasteiger partial charge in [0.25, 0.3) is 5.91 Å². The summed E-state index contributed by atoms with van der Waals surface area (Å²) in [5, 5.41) is 13.6. The lowest BCUT2D eigenvalue weighted by Crippen LogP contribution is -2.28. The summed E-state index contributed by atoms with van der Waals surface area (Å²) in [5.41, 5.74) is 6.91. The third-order valence-electron chi connectivity index (χ3n) is 2.77. The van der Waals surface area contributed by atoms with E-state index in [1.807, 2.05) is 13.0 Å². The minimum absolute atomic E-state index is 0.196. The Morgan fingerprint density at radius 2 is 2.33 bits per heavy atom. The highest BCUT2D eigenvalue weighted by molar-refractivity contribution is 5.97. The van der Waals surface area contributed by atoms with Gasteiger partial charge in [-0.3, -0.25) is 4.79 Å². The Balaban J connectivity index is 1.98. The summed E-state index contributed by atoms with van der Waals surface area (Å²) in [7, 11) is 0. The number of tetrazole rings is 1. The molecule has 2 rings (SSSR count). The second kappa shape index (κ2) is 7.34. The fourth-order valence-electron chi connectivity index (χ4n) is 1.78. The molecule has 0 unspecified atom stereocenters. The summed E-state index contributed by atoms with van der Waals surface area (Å²) in [6.07, 6.45) is 1.49. The van der Waals surface area contributed by atoms with Crippen LogP contribution < -0.4 is 15.8 Å². The molecule has 21 heavy (non-hydrogen) atoms. The van der Waals surface area contributed by atoms with Crippen molar-refractivity contribution < 1.29 is 9.53 Å². The molecule has 0 aliphatic rings. The quantitative estimate of drug-likeness (QED) is 0.728. The number of aryl methyl sites for hydroxylation is 1. The van der Waals surface area contributed by atoms with E-state index in [2.05, 4.69) is 20.8 Å². The van der Waals surface area contributed by atoms with Crippen molar-refractivity contribution in [3.63, 3.8) is 0 Å². The predicted molar refractivity (Wildman–Crippen MR) is 75.9 cm³/mol. The van der Waals surface area contributed by atoms with Gasteiger partial charge in [0, 0.05) is 13.1 Å². The summed E-state index contributed by atoms with van der Waals surface area (Å²) in [5.74, 6) is 0.338. The first-order valence-electron chi connectivity index (χ1n) is 6.63. The molecular weight excluding hydrogens is 272 g/mol. The molecule has 8 heteroatoms. The zero-order valence-corrected chi connectivity index (χ0v) is 11.8. The van der Waals surface area contributed by atoms with Crippen LogP contribution in [-0.4, -0.2) is 45.8 Å². The molecule has 0 spiro atoms. The molecule has 0 atom stereocenters. The molecule has 0 aliphatic carbocycles. The standard InChI is InChI=1S/C13H18N6O2/c1-10-2-3-12(21-7-4-14)11(8-10)13(20)15-5-6-19-9-16-17-18-19/h2-3,8-9H,4-7,14H2,1H3,(H,15,20). The smallest absolute Gasteiger partial charge is 0.255 e. The van der Waals surface area contributed by atoms with Crippen molar-refractivity contribution in [3.8, 4) is 5.75 Å². The fourth-order valence-corrected chi connectivity index (χ4v) is 1.78. The van der Waals surface area contributed by atoms with E-state index in [0.717, 1.165) is 5.56 Å². The molecule has 0 bridgehead atoms. The van der Waals surface area contributed by atoms with Crippen LogP contribution in [0.1, 0.15) is 15.9 Å². The maximum absolute atomic E-state index is 12.2. The van der Waals surface area contributed by atoms with Gasteiger partial charge in [-0.25, -0.2) is 4.68 Å². The third-order valence-corrected chi connectivity index (χ3v) is 2.77. The number of rotatable bonds is 7. The van der Waals surface area contributed by atoms with Crippen molar-refractivity contribution in [2.75, 3.05) is 19.7 Å². The Morgan fingerprint density at radius 3 is 3.05 bits per heavy atom. The van der Waals surface area contributed by atoms with E-state index in [9.17, 15) is 4.79 Å². The van der Waals surface area contributed by atoms with Crippen molar-refractivity contribution >= 4 is 5.91 Å². The maximum atomic E-state index is 12.2. The zero-order chi connectivity index (χ0) is 15.1. The summed E-state index contributed by atoms with van der Waals surface area (Å²) in [4.78, 5) is 12.2. The summed E-state index contributed by atoms with van der Waals surface area (Å²) < 4.78 is 7.04. The van der Waals surface area contributed by atoms with Crippen LogP contribution in [0.15, 0.2) is 24.5 Å². The van der Waals surface area contributed by atoms with Crippen LogP contribution in [0.2, 0.25) is 0 Å². The van der Waals surface area contributed by atoms with E-state index in [-0.39, 0.29) is 5.91 Å². The van der Waals surface area contributed by atoms with Gasteiger partial charge >= 0.3 is 0 Å². The molecular formula is C13H18N6O2. The second-order valence-corrected chi connectivity index (χ2v) is 4.47. The number of aromatic nitrogens is 4. The Hall–Kier alpha value is -2.48. The first-order chi connectivity index (χ1) is 10.2. The minimum atomic E-state index is -0.196. The Kier molecular flexibility index (Phi) is 5.22. The van der Waals surface area contributed by atoms with Crippen LogP contribution in [0.3, 0.4) is 0 Å². The topological polar surface area (TPSA) is 108 Å². The first kappa shape index (κ1) is 14.9. The van der Waals surface area contributed by atoms with Gasteiger partial charge in [0.2, 0.25) is 0 Å². The van der Waals surface area contributed by atoms with Crippen molar-refractivity contribution in [3.05, 3.63) is 35.7 Å². The van der Waals surface area contributed by atoms with Gasteiger partial charge in [0.15, 0.2) is 0 Å². The van der Waals surface area contributed by atoms with Crippen molar-refractivity contribution in [1.29, 1.82) is 0 Å². The van der Waals surface area contributed by atoms with Crippen LogP contribution in [0, 0.1) is 6.92 Å². The van der Waals surface area contributed by atoms with Crippen LogP contribution >= 0.6 is 0 Å². The lowest BCUT2D eigenvalue weighted by atomic mass is 10.1.